The summed E-state index contributed by atoms with van der Waals surface area (Å²) >= 11 is 0. The van der Waals surface area contributed by atoms with Crippen molar-refractivity contribution in [1.29, 1.82) is 0 Å². The van der Waals surface area contributed by atoms with Gasteiger partial charge < -0.3 is 15.4 Å². The van der Waals surface area contributed by atoms with Gasteiger partial charge in [-0.15, -0.1) is 0 Å². The molecule has 2 amide bonds. The van der Waals surface area contributed by atoms with Crippen molar-refractivity contribution < 1.29 is 23.9 Å². The summed E-state index contributed by atoms with van der Waals surface area (Å²) < 4.78 is 5.24. The average Bonchev–Trinajstić information content (AvgIpc) is 2.73. The maximum atomic E-state index is 12.6. The molecule has 0 heterocycles. The number of aryl methyl sites for hydroxylation is 1. The van der Waals surface area contributed by atoms with E-state index in [9.17, 15) is 19.2 Å². The predicted octanol–water partition coefficient (Wildman–Crippen LogP) is 3.52. The minimum Gasteiger partial charge on any atom is -0.453 e. The number of benzene rings is 2. The zero-order chi connectivity index (χ0) is 23.1. The maximum Gasteiger partial charge on any atom is 0.329 e. The highest BCUT2D eigenvalue weighted by Crippen LogP contribution is 2.14. The highest BCUT2D eigenvalue weighted by Gasteiger charge is 2.24. The van der Waals surface area contributed by atoms with Crippen LogP contribution in [0.15, 0.2) is 48.5 Å². The fourth-order valence-corrected chi connectivity index (χ4v) is 2.69. The third-order valence-electron chi connectivity index (χ3n) is 4.60. The monoisotopic (exact) mass is 424 g/mol. The van der Waals surface area contributed by atoms with Gasteiger partial charge in [0.2, 0.25) is 11.7 Å². The number of ether oxygens (including phenoxy) is 1. The Balaban J connectivity index is 1.93. The van der Waals surface area contributed by atoms with Crippen LogP contribution in [0.4, 0.5) is 5.69 Å². The van der Waals surface area contributed by atoms with Gasteiger partial charge in [-0.05, 0) is 57.2 Å². The molecule has 0 saturated carbocycles. The molecule has 0 spiro atoms. The van der Waals surface area contributed by atoms with Crippen LogP contribution in [0.3, 0.4) is 0 Å². The molecule has 0 saturated heterocycles. The van der Waals surface area contributed by atoms with Crippen LogP contribution in [-0.2, 0) is 14.3 Å². The van der Waals surface area contributed by atoms with Gasteiger partial charge in [0.25, 0.3) is 5.91 Å². The van der Waals surface area contributed by atoms with Gasteiger partial charge in [-0.2, -0.15) is 0 Å². The van der Waals surface area contributed by atoms with Crippen LogP contribution in [0.25, 0.3) is 0 Å². The van der Waals surface area contributed by atoms with Crippen molar-refractivity contribution in [3.05, 3.63) is 65.2 Å². The quantitative estimate of drug-likeness (QED) is 0.499. The summed E-state index contributed by atoms with van der Waals surface area (Å²) in [5, 5.41) is 5.32. The van der Waals surface area contributed by atoms with E-state index in [4.69, 9.17) is 4.74 Å². The van der Waals surface area contributed by atoms with Crippen LogP contribution >= 0.6 is 0 Å². The minimum atomic E-state index is -1.03. The number of Topliss-reactive ketones (excluding diaryl/α,β-unsaturated/α-hetero) is 1. The van der Waals surface area contributed by atoms with E-state index in [-0.39, 0.29) is 17.6 Å². The van der Waals surface area contributed by atoms with Crippen molar-refractivity contribution in [2.75, 3.05) is 5.32 Å². The van der Waals surface area contributed by atoms with Gasteiger partial charge in [-0.3, -0.25) is 14.4 Å². The first-order valence-electron chi connectivity index (χ1n) is 10.1. The number of amides is 2. The first-order valence-corrected chi connectivity index (χ1v) is 10.1. The summed E-state index contributed by atoms with van der Waals surface area (Å²) in [6.07, 6.45) is -1.03. The van der Waals surface area contributed by atoms with E-state index in [0.29, 0.717) is 16.8 Å². The molecule has 2 aromatic rings. The number of hydrogen-bond acceptors (Lipinski definition) is 5. The van der Waals surface area contributed by atoms with Crippen molar-refractivity contribution in [1.82, 2.24) is 5.32 Å². The third-order valence-corrected chi connectivity index (χ3v) is 4.60. The lowest BCUT2D eigenvalue weighted by Gasteiger charge is -2.17. The number of anilines is 1. The molecule has 2 atom stereocenters. The smallest absolute Gasteiger partial charge is 0.329 e. The van der Waals surface area contributed by atoms with E-state index < -0.39 is 24.0 Å². The molecule has 0 fully saturated rings. The molecule has 2 rings (SSSR count). The Kier molecular flexibility index (Phi) is 8.07. The first-order chi connectivity index (χ1) is 14.6. The van der Waals surface area contributed by atoms with Crippen LogP contribution in [0.1, 0.15) is 54.0 Å². The van der Waals surface area contributed by atoms with Gasteiger partial charge in [0, 0.05) is 22.7 Å². The second-order valence-electron chi connectivity index (χ2n) is 7.73. The van der Waals surface area contributed by atoms with Crippen molar-refractivity contribution in [3.8, 4) is 0 Å². The molecule has 0 aliphatic heterocycles. The van der Waals surface area contributed by atoms with Crippen molar-refractivity contribution >= 4 is 29.3 Å². The molecule has 7 nitrogen and oxygen atoms in total. The normalized spacial score (nSPS) is 12.6. The fourth-order valence-electron chi connectivity index (χ4n) is 2.69. The molecule has 0 aromatic heterocycles. The van der Waals surface area contributed by atoms with Crippen LogP contribution in [-0.4, -0.2) is 35.7 Å². The Morgan fingerprint density at radius 1 is 0.871 bits per heavy atom. The second-order valence-corrected chi connectivity index (χ2v) is 7.73. The molecule has 0 bridgehead atoms. The highest BCUT2D eigenvalue weighted by atomic mass is 16.5. The van der Waals surface area contributed by atoms with E-state index in [0.717, 1.165) is 5.56 Å². The lowest BCUT2D eigenvalue weighted by molar-refractivity contribution is -0.148. The lowest BCUT2D eigenvalue weighted by Crippen LogP contribution is -2.41. The Bertz CT molecular complexity index is 966. The molecular formula is C24H28N2O5. The SMILES string of the molecule is Cc1cccc(C(=O)N[C@@H](C)C(=O)O[C@@H](C)C(=O)c2ccc(NC(=O)C(C)C)cc2)c1. The lowest BCUT2D eigenvalue weighted by atomic mass is 10.1. The van der Waals surface area contributed by atoms with Crippen LogP contribution < -0.4 is 10.6 Å². The number of rotatable bonds is 8. The Morgan fingerprint density at radius 3 is 2.10 bits per heavy atom. The summed E-state index contributed by atoms with van der Waals surface area (Å²) in [6.45, 7) is 8.41. The van der Waals surface area contributed by atoms with E-state index >= 15 is 0 Å². The molecule has 31 heavy (non-hydrogen) atoms. The largest absolute Gasteiger partial charge is 0.453 e. The standard InChI is InChI=1S/C24H28N2O5/c1-14(2)22(28)26-20-11-9-18(10-12-20)21(27)17(5)31-24(30)16(4)25-23(29)19-8-6-7-15(3)13-19/h6-14,16-17H,1-5H3,(H,25,29)(H,26,28)/t16-,17-/m0/s1. The summed E-state index contributed by atoms with van der Waals surface area (Å²) in [6, 6.07) is 12.4. The minimum absolute atomic E-state index is 0.122. The molecule has 0 unspecified atom stereocenters. The topological polar surface area (TPSA) is 102 Å². The Hall–Kier alpha value is -3.48. The van der Waals surface area contributed by atoms with Crippen molar-refractivity contribution in [2.45, 2.75) is 46.8 Å². The zero-order valence-corrected chi connectivity index (χ0v) is 18.4. The molecule has 2 N–H and O–H groups in total. The van der Waals surface area contributed by atoms with Crippen LogP contribution in [0.2, 0.25) is 0 Å². The Morgan fingerprint density at radius 2 is 1.52 bits per heavy atom. The molecule has 164 valence electrons. The van der Waals surface area contributed by atoms with Gasteiger partial charge in [0.15, 0.2) is 6.10 Å². The van der Waals surface area contributed by atoms with E-state index in [2.05, 4.69) is 10.6 Å². The van der Waals surface area contributed by atoms with E-state index in [1.54, 1.807) is 56.3 Å². The third kappa shape index (κ3) is 6.77. The van der Waals surface area contributed by atoms with E-state index in [1.165, 1.54) is 13.8 Å². The average molecular weight is 424 g/mol. The first kappa shape index (κ1) is 23.8. The summed E-state index contributed by atoms with van der Waals surface area (Å²) in [5.74, 6) is -1.77. The highest BCUT2D eigenvalue weighted by molar-refractivity contribution is 6.01. The number of carbonyl (C=O) groups excluding carboxylic acids is 4. The Labute approximate surface area is 182 Å². The molecule has 7 heteroatoms. The molecule has 0 aliphatic carbocycles. The maximum absolute atomic E-state index is 12.6. The molecule has 0 aliphatic rings. The fraction of sp³-hybridized carbons (Fsp3) is 0.333. The van der Waals surface area contributed by atoms with Crippen LogP contribution in [0.5, 0.6) is 0 Å². The van der Waals surface area contributed by atoms with Crippen molar-refractivity contribution in [2.24, 2.45) is 5.92 Å². The summed E-state index contributed by atoms with van der Waals surface area (Å²) in [5.41, 5.74) is 2.29. The van der Waals surface area contributed by atoms with Gasteiger partial charge in [-0.1, -0.05) is 31.5 Å². The number of esters is 1. The molecule has 0 radical (unpaired) electrons. The number of carbonyl (C=O) groups is 4. The molecular weight excluding hydrogens is 396 g/mol. The predicted molar refractivity (Wildman–Crippen MR) is 118 cm³/mol. The van der Waals surface area contributed by atoms with Crippen LogP contribution in [0, 0.1) is 12.8 Å². The van der Waals surface area contributed by atoms with Gasteiger partial charge >= 0.3 is 5.97 Å². The van der Waals surface area contributed by atoms with Gasteiger partial charge in [0.05, 0.1) is 0 Å². The second kappa shape index (κ2) is 10.5. The van der Waals surface area contributed by atoms with E-state index in [1.807, 2.05) is 13.0 Å². The molecule has 2 aromatic carbocycles. The van der Waals surface area contributed by atoms with Gasteiger partial charge in [0.1, 0.15) is 6.04 Å². The number of nitrogens with one attached hydrogen (secondary N) is 2. The zero-order valence-electron chi connectivity index (χ0n) is 18.4. The number of ketones is 1. The van der Waals surface area contributed by atoms with Crippen molar-refractivity contribution in [3.63, 3.8) is 0 Å². The summed E-state index contributed by atoms with van der Waals surface area (Å²) in [7, 11) is 0. The number of hydrogen-bond donors (Lipinski definition) is 2. The summed E-state index contributed by atoms with van der Waals surface area (Å²) in [4.78, 5) is 48.9. The van der Waals surface area contributed by atoms with Gasteiger partial charge in [-0.25, -0.2) is 4.79 Å².